The first-order valence-electron chi connectivity index (χ1n) is 27.5. The smallest absolute Gasteiger partial charge is 0.361 e. The van der Waals surface area contributed by atoms with Gasteiger partial charge in [-0.15, -0.1) is 0 Å². The van der Waals surface area contributed by atoms with Gasteiger partial charge in [0.15, 0.2) is 6.10 Å². The van der Waals surface area contributed by atoms with Crippen LogP contribution >= 0.6 is 0 Å². The highest BCUT2D eigenvalue weighted by atomic mass is 16.7. The van der Waals surface area contributed by atoms with Gasteiger partial charge in [-0.3, -0.25) is 9.59 Å². The van der Waals surface area contributed by atoms with Gasteiger partial charge in [-0.1, -0.05) is 205 Å². The summed E-state index contributed by atoms with van der Waals surface area (Å²) in [4.78, 5) is 37.3. The van der Waals surface area contributed by atoms with Gasteiger partial charge in [0.05, 0.1) is 34.4 Å². The molecule has 0 saturated carbocycles. The summed E-state index contributed by atoms with van der Waals surface area (Å²) in [6.45, 7) is 4.88. The SMILES string of the molecule is CCCCCC/C=C\CCCCCCCC(=O)OCC(COC(OCC[N+](C)(C)C)C(=O)O)OC(=O)CCCCCCCCCCCCCCCCC/C=C\CCCCCCCCCC. The number of hydrogen-bond acceptors (Lipinski definition) is 7. The number of rotatable bonds is 51. The van der Waals surface area contributed by atoms with Crippen molar-refractivity contribution in [2.24, 2.45) is 0 Å². The lowest BCUT2D eigenvalue weighted by Gasteiger charge is -2.25. The van der Waals surface area contributed by atoms with Crippen molar-refractivity contribution in [3.8, 4) is 0 Å². The number of ether oxygens (including phenoxy) is 4. The van der Waals surface area contributed by atoms with Crippen LogP contribution in [0.15, 0.2) is 24.3 Å². The number of quaternary nitrogens is 1. The summed E-state index contributed by atoms with van der Waals surface area (Å²) in [7, 11) is 5.97. The first-order valence-corrected chi connectivity index (χ1v) is 27.5. The second-order valence-electron chi connectivity index (χ2n) is 19.9. The van der Waals surface area contributed by atoms with E-state index in [4.69, 9.17) is 18.9 Å². The molecule has 1 N–H and O–H groups in total. The van der Waals surface area contributed by atoms with Gasteiger partial charge >= 0.3 is 17.9 Å². The van der Waals surface area contributed by atoms with Crippen molar-refractivity contribution in [2.45, 2.75) is 270 Å². The number of esters is 2. The van der Waals surface area contributed by atoms with Crippen molar-refractivity contribution >= 4 is 17.9 Å². The Hall–Kier alpha value is -2.23. The molecule has 0 radical (unpaired) electrons. The first-order chi connectivity index (χ1) is 31.6. The third kappa shape index (κ3) is 49.5. The Morgan fingerprint density at radius 1 is 0.446 bits per heavy atom. The number of carbonyl (C=O) groups is 3. The minimum absolute atomic E-state index is 0.182. The fourth-order valence-corrected chi connectivity index (χ4v) is 7.89. The van der Waals surface area contributed by atoms with Crippen LogP contribution in [0.3, 0.4) is 0 Å². The second-order valence-corrected chi connectivity index (χ2v) is 19.9. The number of allylic oxidation sites excluding steroid dienone is 4. The van der Waals surface area contributed by atoms with E-state index in [1.54, 1.807) is 0 Å². The van der Waals surface area contributed by atoms with E-state index >= 15 is 0 Å². The summed E-state index contributed by atoms with van der Waals surface area (Å²) in [5.41, 5.74) is 0. The maximum Gasteiger partial charge on any atom is 0.361 e. The molecule has 0 aliphatic heterocycles. The van der Waals surface area contributed by atoms with Crippen LogP contribution in [0, 0.1) is 0 Å². The molecule has 0 rings (SSSR count). The Labute approximate surface area is 401 Å². The Kier molecular flexibility index (Phi) is 46.6. The van der Waals surface area contributed by atoms with Crippen LogP contribution in [0.1, 0.15) is 258 Å². The van der Waals surface area contributed by atoms with Crippen molar-refractivity contribution in [3.05, 3.63) is 24.3 Å². The normalized spacial score (nSPS) is 12.9. The van der Waals surface area contributed by atoms with E-state index in [1.165, 1.54) is 173 Å². The molecule has 0 aromatic heterocycles. The lowest BCUT2D eigenvalue weighted by molar-refractivity contribution is -0.870. The van der Waals surface area contributed by atoms with Crippen molar-refractivity contribution in [1.29, 1.82) is 0 Å². The van der Waals surface area contributed by atoms with E-state index in [0.717, 1.165) is 57.8 Å². The lowest BCUT2D eigenvalue weighted by atomic mass is 10.0. The van der Waals surface area contributed by atoms with Gasteiger partial charge in [0, 0.05) is 12.8 Å². The van der Waals surface area contributed by atoms with Gasteiger partial charge in [0.25, 0.3) is 6.29 Å². The van der Waals surface area contributed by atoms with E-state index < -0.39 is 24.3 Å². The van der Waals surface area contributed by atoms with Crippen LogP contribution in [0.4, 0.5) is 0 Å². The zero-order valence-electron chi connectivity index (χ0n) is 43.4. The maximum absolute atomic E-state index is 12.8. The maximum atomic E-state index is 12.8. The van der Waals surface area contributed by atoms with Crippen LogP contribution in [-0.2, 0) is 33.3 Å². The van der Waals surface area contributed by atoms with E-state index in [9.17, 15) is 19.5 Å². The average Bonchev–Trinajstić information content (AvgIpc) is 3.27. The van der Waals surface area contributed by atoms with Crippen molar-refractivity contribution in [2.75, 3.05) is 47.5 Å². The molecule has 0 aliphatic rings. The lowest BCUT2D eigenvalue weighted by Crippen LogP contribution is -2.40. The largest absolute Gasteiger partial charge is 0.477 e. The summed E-state index contributed by atoms with van der Waals surface area (Å²) in [6.07, 6.45) is 52.6. The summed E-state index contributed by atoms with van der Waals surface area (Å²) in [5, 5.41) is 9.67. The minimum atomic E-state index is -1.51. The predicted octanol–water partition coefficient (Wildman–Crippen LogP) is 15.6. The molecule has 382 valence electrons. The molecule has 0 fully saturated rings. The van der Waals surface area contributed by atoms with Gasteiger partial charge in [0.2, 0.25) is 0 Å². The van der Waals surface area contributed by atoms with Crippen LogP contribution in [0.2, 0.25) is 0 Å². The summed E-state index contributed by atoms with van der Waals surface area (Å²) >= 11 is 0. The molecule has 0 bridgehead atoms. The van der Waals surface area contributed by atoms with Crippen LogP contribution in [-0.4, -0.2) is 87.4 Å². The van der Waals surface area contributed by atoms with Crippen molar-refractivity contribution in [1.82, 2.24) is 0 Å². The summed E-state index contributed by atoms with van der Waals surface area (Å²) < 4.78 is 22.8. The molecule has 0 spiro atoms. The molecule has 2 atom stereocenters. The number of unbranched alkanes of at least 4 members (excludes halogenated alkanes) is 32. The Morgan fingerprint density at radius 2 is 0.785 bits per heavy atom. The zero-order chi connectivity index (χ0) is 47.7. The van der Waals surface area contributed by atoms with Gasteiger partial charge in [-0.05, 0) is 64.2 Å². The number of carboxylic acids is 1. The fraction of sp³-hybridized carbons (Fsp3) is 0.875. The molecule has 65 heavy (non-hydrogen) atoms. The van der Waals surface area contributed by atoms with Crippen molar-refractivity contribution in [3.63, 3.8) is 0 Å². The second kappa shape index (κ2) is 48.2. The summed E-state index contributed by atoms with van der Waals surface area (Å²) in [6, 6.07) is 0. The predicted molar refractivity (Wildman–Crippen MR) is 272 cm³/mol. The quantitative estimate of drug-likeness (QED) is 0.0211. The van der Waals surface area contributed by atoms with Gasteiger partial charge in [-0.2, -0.15) is 0 Å². The highest BCUT2D eigenvalue weighted by Gasteiger charge is 2.25. The molecule has 9 nitrogen and oxygen atoms in total. The van der Waals surface area contributed by atoms with Gasteiger partial charge in [-0.25, -0.2) is 4.79 Å². The molecule has 9 heteroatoms. The summed E-state index contributed by atoms with van der Waals surface area (Å²) in [5.74, 6) is -2.00. The van der Waals surface area contributed by atoms with Gasteiger partial charge < -0.3 is 28.5 Å². The standard InChI is InChI=1S/C56H105NO8/c1-6-8-10-12-14-16-18-20-21-22-23-24-25-26-27-28-29-30-31-32-33-35-37-39-41-43-45-47-54(59)65-52(51-64-56(55(60)61)62-49-48-57(3,4)5)50-63-53(58)46-44-42-40-38-36-34-19-17-15-13-11-9-7-2/h17,19,22-23,52,56H,6-16,18,20-21,24-51H2,1-5H3/p+1/b19-17-,23-22-. The molecule has 0 amide bonds. The van der Waals surface area contributed by atoms with Crippen LogP contribution < -0.4 is 0 Å². The van der Waals surface area contributed by atoms with E-state index in [1.807, 2.05) is 21.1 Å². The molecule has 2 unspecified atom stereocenters. The number of hydrogen-bond donors (Lipinski definition) is 1. The minimum Gasteiger partial charge on any atom is -0.477 e. The van der Waals surface area contributed by atoms with Gasteiger partial charge in [0.1, 0.15) is 13.2 Å². The number of carboxylic acid groups (broad SMARTS) is 1. The first kappa shape index (κ1) is 62.8. The molecular weight excluding hydrogens is 815 g/mol. The van der Waals surface area contributed by atoms with Crippen LogP contribution in [0.5, 0.6) is 0 Å². The fourth-order valence-electron chi connectivity index (χ4n) is 7.89. The third-order valence-electron chi connectivity index (χ3n) is 12.2. The Bertz CT molecular complexity index is 1120. The van der Waals surface area contributed by atoms with E-state index in [0.29, 0.717) is 17.4 Å². The number of carbonyl (C=O) groups excluding carboxylic acids is 2. The molecule has 0 saturated heterocycles. The average molecular weight is 921 g/mol. The highest BCUT2D eigenvalue weighted by molar-refractivity contribution is 5.71. The van der Waals surface area contributed by atoms with E-state index in [-0.39, 0.29) is 32.2 Å². The Balaban J connectivity index is 4.17. The monoisotopic (exact) mass is 921 g/mol. The zero-order valence-corrected chi connectivity index (χ0v) is 43.4. The van der Waals surface area contributed by atoms with Crippen molar-refractivity contribution < 1.29 is 42.9 Å². The third-order valence-corrected chi connectivity index (χ3v) is 12.2. The van der Waals surface area contributed by atoms with E-state index in [2.05, 4.69) is 38.2 Å². The highest BCUT2D eigenvalue weighted by Crippen LogP contribution is 2.16. The van der Waals surface area contributed by atoms with Crippen LogP contribution in [0.25, 0.3) is 0 Å². The topological polar surface area (TPSA) is 108 Å². The Morgan fingerprint density at radius 3 is 1.15 bits per heavy atom. The molecule has 0 heterocycles. The number of nitrogens with zero attached hydrogens (tertiary/aromatic N) is 1. The number of aliphatic carboxylic acids is 1. The molecular formula is C56H106NO8+. The number of likely N-dealkylation sites (N-methyl/N-ethyl adjacent to an activating group) is 1. The molecule has 0 aromatic rings. The molecule has 0 aliphatic carbocycles. The molecule has 0 aromatic carbocycles.